The molecule has 0 unspecified atom stereocenters. The summed E-state index contributed by atoms with van der Waals surface area (Å²) in [6.45, 7) is 0. The number of nitrogens with one attached hydrogen (secondary N) is 1. The van der Waals surface area contributed by atoms with E-state index in [1.165, 1.54) is 42.5 Å². The zero-order valence-electron chi connectivity index (χ0n) is 17.7. The standard InChI is InChI=1S/C26H23NO6/c28-17-7-5-14(6-8-17)25-23(15-9-18(29)11-19(30)10-15)24-21(12-20(31)13-22(24)33-25)26(32)27-16-3-1-2-4-16/h5-13,16,28-31H,1-4H2,(H,27,32). The zero-order chi connectivity index (χ0) is 23.1. The summed E-state index contributed by atoms with van der Waals surface area (Å²) < 4.78 is 6.12. The maximum atomic E-state index is 13.3. The number of phenolic OH excluding ortho intramolecular Hbond substituents is 4. The van der Waals surface area contributed by atoms with Gasteiger partial charge in [-0.3, -0.25) is 4.79 Å². The molecule has 1 saturated carbocycles. The number of carbonyl (C=O) groups is 1. The molecule has 0 aliphatic heterocycles. The SMILES string of the molecule is O=C(NC1CCCC1)c1cc(O)cc2oc(-c3ccc(O)cc3)c(-c3cc(O)cc(O)c3)c12. The summed E-state index contributed by atoms with van der Waals surface area (Å²) in [5.74, 6) is -0.281. The van der Waals surface area contributed by atoms with Gasteiger partial charge in [0.2, 0.25) is 0 Å². The van der Waals surface area contributed by atoms with Crippen LogP contribution < -0.4 is 5.32 Å². The van der Waals surface area contributed by atoms with Crippen LogP contribution in [0.25, 0.3) is 33.4 Å². The molecule has 5 N–H and O–H groups in total. The van der Waals surface area contributed by atoms with E-state index >= 15 is 0 Å². The molecule has 5 rings (SSSR count). The second-order valence-corrected chi connectivity index (χ2v) is 8.41. The Balaban J connectivity index is 1.78. The minimum atomic E-state index is -0.327. The summed E-state index contributed by atoms with van der Waals surface area (Å²) in [4.78, 5) is 13.3. The second-order valence-electron chi connectivity index (χ2n) is 8.41. The smallest absolute Gasteiger partial charge is 0.252 e. The van der Waals surface area contributed by atoms with E-state index in [0.717, 1.165) is 25.7 Å². The predicted molar refractivity (Wildman–Crippen MR) is 123 cm³/mol. The van der Waals surface area contributed by atoms with Gasteiger partial charge in [0, 0.05) is 34.7 Å². The van der Waals surface area contributed by atoms with E-state index in [9.17, 15) is 25.2 Å². The van der Waals surface area contributed by atoms with E-state index in [1.54, 1.807) is 12.1 Å². The van der Waals surface area contributed by atoms with E-state index in [1.807, 2.05) is 0 Å². The molecule has 0 saturated heterocycles. The third-order valence-electron chi connectivity index (χ3n) is 6.03. The number of amides is 1. The van der Waals surface area contributed by atoms with E-state index in [0.29, 0.717) is 27.8 Å². The molecule has 0 spiro atoms. The molecule has 1 aliphatic carbocycles. The van der Waals surface area contributed by atoms with Gasteiger partial charge in [-0.05, 0) is 60.9 Å². The van der Waals surface area contributed by atoms with Crippen LogP contribution in [0, 0.1) is 0 Å². The number of fused-ring (bicyclic) bond motifs is 1. The Morgan fingerprint density at radius 1 is 0.788 bits per heavy atom. The molecule has 3 aromatic carbocycles. The number of hydrogen-bond acceptors (Lipinski definition) is 6. The monoisotopic (exact) mass is 445 g/mol. The summed E-state index contributed by atoms with van der Waals surface area (Å²) in [6.07, 6.45) is 3.94. The fraction of sp³-hybridized carbons (Fsp3) is 0.192. The van der Waals surface area contributed by atoms with Crippen molar-refractivity contribution in [1.82, 2.24) is 5.32 Å². The molecule has 0 radical (unpaired) electrons. The molecule has 7 heteroatoms. The van der Waals surface area contributed by atoms with Gasteiger partial charge in [-0.1, -0.05) is 12.8 Å². The summed E-state index contributed by atoms with van der Waals surface area (Å²) >= 11 is 0. The lowest BCUT2D eigenvalue weighted by Gasteiger charge is -2.13. The Bertz CT molecular complexity index is 1330. The van der Waals surface area contributed by atoms with Crippen molar-refractivity contribution in [2.45, 2.75) is 31.7 Å². The molecule has 4 aromatic rings. The molecule has 0 bridgehead atoms. The van der Waals surface area contributed by atoms with Crippen molar-refractivity contribution < 1.29 is 29.6 Å². The Labute approximate surface area is 189 Å². The lowest BCUT2D eigenvalue weighted by molar-refractivity contribution is 0.0939. The fourth-order valence-corrected chi connectivity index (χ4v) is 4.56. The fourth-order valence-electron chi connectivity index (χ4n) is 4.56. The molecule has 1 amide bonds. The first-order valence-electron chi connectivity index (χ1n) is 10.8. The van der Waals surface area contributed by atoms with Gasteiger partial charge in [-0.25, -0.2) is 0 Å². The van der Waals surface area contributed by atoms with E-state index in [-0.39, 0.29) is 46.1 Å². The molecule has 168 valence electrons. The molecule has 33 heavy (non-hydrogen) atoms. The van der Waals surface area contributed by atoms with Gasteiger partial charge in [0.1, 0.15) is 34.3 Å². The summed E-state index contributed by atoms with van der Waals surface area (Å²) in [5.41, 5.74) is 2.06. The highest BCUT2D eigenvalue weighted by atomic mass is 16.3. The maximum Gasteiger partial charge on any atom is 0.252 e. The van der Waals surface area contributed by atoms with Crippen molar-refractivity contribution in [2.24, 2.45) is 0 Å². The first-order chi connectivity index (χ1) is 15.9. The summed E-state index contributed by atoms with van der Waals surface area (Å²) in [5, 5.41) is 43.8. The Kier molecular flexibility index (Phi) is 5.09. The minimum Gasteiger partial charge on any atom is -0.508 e. The van der Waals surface area contributed by atoms with Crippen LogP contribution in [0.3, 0.4) is 0 Å². The quantitative estimate of drug-likeness (QED) is 0.292. The average molecular weight is 445 g/mol. The van der Waals surface area contributed by atoms with Crippen LogP contribution in [-0.4, -0.2) is 32.4 Å². The highest BCUT2D eigenvalue weighted by Gasteiger charge is 2.26. The lowest BCUT2D eigenvalue weighted by atomic mass is 9.95. The second kappa shape index (κ2) is 8.09. The third kappa shape index (κ3) is 3.93. The number of benzene rings is 3. The van der Waals surface area contributed by atoms with E-state index < -0.39 is 0 Å². The lowest BCUT2D eigenvalue weighted by Crippen LogP contribution is -2.32. The van der Waals surface area contributed by atoms with Gasteiger partial charge >= 0.3 is 0 Å². The van der Waals surface area contributed by atoms with Crippen LogP contribution in [0.2, 0.25) is 0 Å². The number of furan rings is 1. The highest BCUT2D eigenvalue weighted by molar-refractivity contribution is 6.14. The normalized spacial score (nSPS) is 14.1. The molecule has 7 nitrogen and oxygen atoms in total. The molecule has 1 aromatic heterocycles. The van der Waals surface area contributed by atoms with Gasteiger partial charge in [-0.15, -0.1) is 0 Å². The molecule has 1 heterocycles. The summed E-state index contributed by atoms with van der Waals surface area (Å²) in [7, 11) is 0. The largest absolute Gasteiger partial charge is 0.508 e. The van der Waals surface area contributed by atoms with Gasteiger partial charge in [0.15, 0.2) is 0 Å². The average Bonchev–Trinajstić information content (AvgIpc) is 3.40. The van der Waals surface area contributed by atoms with Crippen molar-refractivity contribution in [3.05, 3.63) is 60.2 Å². The number of carbonyl (C=O) groups excluding carboxylic acids is 1. The van der Waals surface area contributed by atoms with Crippen molar-refractivity contribution in [2.75, 3.05) is 0 Å². The minimum absolute atomic E-state index is 0.0756. The molecular weight excluding hydrogens is 422 g/mol. The highest BCUT2D eigenvalue weighted by Crippen LogP contribution is 2.45. The first kappa shape index (κ1) is 20.8. The number of aromatic hydroxyl groups is 4. The first-order valence-corrected chi connectivity index (χ1v) is 10.8. The number of rotatable bonds is 4. The van der Waals surface area contributed by atoms with Crippen molar-refractivity contribution in [3.8, 4) is 45.4 Å². The van der Waals surface area contributed by atoms with Gasteiger partial charge in [0.05, 0.1) is 5.56 Å². The van der Waals surface area contributed by atoms with Crippen LogP contribution >= 0.6 is 0 Å². The van der Waals surface area contributed by atoms with Gasteiger partial charge < -0.3 is 30.2 Å². The number of hydrogen-bond donors (Lipinski definition) is 5. The van der Waals surface area contributed by atoms with Gasteiger partial charge in [0.25, 0.3) is 5.91 Å². The van der Waals surface area contributed by atoms with Crippen molar-refractivity contribution in [3.63, 3.8) is 0 Å². The van der Waals surface area contributed by atoms with Gasteiger partial charge in [-0.2, -0.15) is 0 Å². The molecule has 1 fully saturated rings. The predicted octanol–water partition coefficient (Wildman–Crippen LogP) is 5.26. The third-order valence-corrected chi connectivity index (χ3v) is 6.03. The molecule has 1 aliphatic rings. The van der Waals surface area contributed by atoms with Crippen LogP contribution in [0.15, 0.2) is 59.0 Å². The van der Waals surface area contributed by atoms with E-state index in [2.05, 4.69) is 5.32 Å². The number of phenols is 4. The molecular formula is C26H23NO6. The van der Waals surface area contributed by atoms with Crippen LogP contribution in [0.1, 0.15) is 36.0 Å². The van der Waals surface area contributed by atoms with Crippen LogP contribution in [0.5, 0.6) is 23.0 Å². The van der Waals surface area contributed by atoms with Crippen molar-refractivity contribution >= 4 is 16.9 Å². The van der Waals surface area contributed by atoms with Crippen LogP contribution in [0.4, 0.5) is 0 Å². The van der Waals surface area contributed by atoms with Crippen molar-refractivity contribution in [1.29, 1.82) is 0 Å². The maximum absolute atomic E-state index is 13.3. The van der Waals surface area contributed by atoms with Crippen LogP contribution in [-0.2, 0) is 0 Å². The van der Waals surface area contributed by atoms with E-state index in [4.69, 9.17) is 4.42 Å². The Hall–Kier alpha value is -4.13. The topological polar surface area (TPSA) is 123 Å². The Morgan fingerprint density at radius 2 is 1.42 bits per heavy atom. The molecule has 0 atom stereocenters. The Morgan fingerprint density at radius 3 is 2.09 bits per heavy atom. The zero-order valence-corrected chi connectivity index (χ0v) is 17.7. The summed E-state index contributed by atoms with van der Waals surface area (Å²) in [6, 6.07) is 13.4.